The van der Waals surface area contributed by atoms with Crippen LogP contribution in [0.1, 0.15) is 5.56 Å². The molecule has 0 unspecified atom stereocenters. The number of halogens is 1. The molecule has 0 saturated carbocycles. The van der Waals surface area contributed by atoms with Crippen molar-refractivity contribution in [2.45, 2.75) is 0 Å². The molecule has 1 aliphatic heterocycles. The standard InChI is InChI=1S/C11H7ClN2O5S/c1-13-10(16)8(20-11(13)17)3-5-2-6(12)4-7(9(5)15)14(18)19/h2-4,15H,1H3/b8-3-. The Morgan fingerprint density at radius 1 is 1.45 bits per heavy atom. The Morgan fingerprint density at radius 3 is 2.60 bits per heavy atom. The maximum absolute atomic E-state index is 11.7. The smallest absolute Gasteiger partial charge is 0.312 e. The second kappa shape index (κ2) is 5.14. The summed E-state index contributed by atoms with van der Waals surface area (Å²) in [4.78, 5) is 34.0. The van der Waals surface area contributed by atoms with Crippen molar-refractivity contribution in [1.29, 1.82) is 0 Å². The molecule has 1 aromatic carbocycles. The Balaban J connectivity index is 2.52. The number of carbonyl (C=O) groups excluding carboxylic acids is 2. The van der Waals surface area contributed by atoms with E-state index in [0.717, 1.165) is 11.0 Å². The summed E-state index contributed by atoms with van der Waals surface area (Å²) in [6, 6.07) is 2.27. The average Bonchev–Trinajstić information content (AvgIpc) is 2.61. The second-order valence-corrected chi connectivity index (χ2v) is 5.29. The number of nitro benzene ring substituents is 1. The number of rotatable bonds is 2. The monoisotopic (exact) mass is 314 g/mol. The molecule has 0 radical (unpaired) electrons. The van der Waals surface area contributed by atoms with E-state index in [1.165, 1.54) is 19.2 Å². The van der Waals surface area contributed by atoms with Crippen molar-refractivity contribution >= 4 is 46.3 Å². The highest BCUT2D eigenvalue weighted by Crippen LogP contribution is 2.37. The van der Waals surface area contributed by atoms with Crippen LogP contribution in [0.2, 0.25) is 5.02 Å². The molecule has 7 nitrogen and oxygen atoms in total. The molecular formula is C11H7ClN2O5S. The van der Waals surface area contributed by atoms with Crippen LogP contribution in [-0.4, -0.2) is 33.1 Å². The van der Waals surface area contributed by atoms with Crippen molar-refractivity contribution in [2.75, 3.05) is 7.05 Å². The number of hydrogen-bond donors (Lipinski definition) is 1. The molecule has 2 rings (SSSR count). The minimum absolute atomic E-state index is 0.00292. The normalized spacial score (nSPS) is 17.1. The Hall–Kier alpha value is -2.06. The zero-order valence-corrected chi connectivity index (χ0v) is 11.6. The van der Waals surface area contributed by atoms with Gasteiger partial charge in [0.1, 0.15) is 0 Å². The largest absolute Gasteiger partial charge is 0.502 e. The molecule has 1 aromatic rings. The van der Waals surface area contributed by atoms with Crippen molar-refractivity contribution in [3.8, 4) is 5.75 Å². The summed E-state index contributed by atoms with van der Waals surface area (Å²) in [5.74, 6) is -1.15. The first-order chi connectivity index (χ1) is 9.31. The van der Waals surface area contributed by atoms with Crippen LogP contribution in [0.25, 0.3) is 6.08 Å². The van der Waals surface area contributed by atoms with Gasteiger partial charge < -0.3 is 5.11 Å². The van der Waals surface area contributed by atoms with Crippen LogP contribution in [0.3, 0.4) is 0 Å². The van der Waals surface area contributed by atoms with Crippen LogP contribution < -0.4 is 0 Å². The van der Waals surface area contributed by atoms with Crippen molar-refractivity contribution in [2.24, 2.45) is 0 Å². The number of thioether (sulfide) groups is 1. The van der Waals surface area contributed by atoms with Gasteiger partial charge in [0.25, 0.3) is 11.1 Å². The number of aromatic hydroxyl groups is 1. The van der Waals surface area contributed by atoms with Gasteiger partial charge in [-0.25, -0.2) is 0 Å². The Bertz CT molecular complexity index is 673. The van der Waals surface area contributed by atoms with Gasteiger partial charge >= 0.3 is 5.69 Å². The zero-order chi connectivity index (χ0) is 15.0. The topological polar surface area (TPSA) is 101 Å². The van der Waals surface area contributed by atoms with E-state index in [9.17, 15) is 24.8 Å². The highest BCUT2D eigenvalue weighted by Gasteiger charge is 2.32. The molecule has 0 bridgehead atoms. The lowest BCUT2D eigenvalue weighted by atomic mass is 10.1. The van der Waals surface area contributed by atoms with Gasteiger partial charge in [-0.2, -0.15) is 0 Å². The summed E-state index contributed by atoms with van der Waals surface area (Å²) < 4.78 is 0. The van der Waals surface area contributed by atoms with Crippen LogP contribution in [0.4, 0.5) is 10.5 Å². The van der Waals surface area contributed by atoms with Crippen LogP contribution in [0.5, 0.6) is 5.75 Å². The molecule has 0 atom stereocenters. The van der Waals surface area contributed by atoms with Gasteiger partial charge in [-0.15, -0.1) is 0 Å². The number of nitrogens with zero attached hydrogens (tertiary/aromatic N) is 2. The van der Waals surface area contributed by atoms with Crippen molar-refractivity contribution < 1.29 is 19.6 Å². The first kappa shape index (κ1) is 14.4. The van der Waals surface area contributed by atoms with Gasteiger partial charge in [-0.05, 0) is 23.9 Å². The molecule has 0 spiro atoms. The fourth-order valence-corrected chi connectivity index (χ4v) is 2.58. The van der Waals surface area contributed by atoms with E-state index in [-0.39, 0.29) is 15.5 Å². The average molecular weight is 315 g/mol. The van der Waals surface area contributed by atoms with Crippen LogP contribution in [0, 0.1) is 10.1 Å². The summed E-state index contributed by atoms with van der Waals surface area (Å²) in [7, 11) is 1.32. The number of phenols is 1. The van der Waals surface area contributed by atoms with Crippen molar-refractivity contribution in [3.63, 3.8) is 0 Å². The maximum Gasteiger partial charge on any atom is 0.312 e. The Labute approximate surface area is 122 Å². The fraction of sp³-hybridized carbons (Fsp3) is 0.0909. The van der Waals surface area contributed by atoms with E-state index in [0.29, 0.717) is 11.8 Å². The van der Waals surface area contributed by atoms with Crippen LogP contribution >= 0.6 is 23.4 Å². The number of likely N-dealkylation sites (N-methyl/N-ethyl adjacent to an activating group) is 1. The lowest BCUT2D eigenvalue weighted by molar-refractivity contribution is -0.385. The first-order valence-corrected chi connectivity index (χ1v) is 6.39. The molecular weight excluding hydrogens is 308 g/mol. The molecule has 1 N–H and O–H groups in total. The van der Waals surface area contributed by atoms with Gasteiger partial charge in [-0.3, -0.25) is 24.6 Å². The van der Waals surface area contributed by atoms with E-state index in [2.05, 4.69) is 0 Å². The molecule has 1 saturated heterocycles. The van der Waals surface area contributed by atoms with E-state index in [4.69, 9.17) is 11.6 Å². The van der Waals surface area contributed by atoms with Gasteiger partial charge in [0.2, 0.25) is 5.75 Å². The third-order valence-corrected chi connectivity index (χ3v) is 3.73. The van der Waals surface area contributed by atoms with E-state index in [1.54, 1.807) is 0 Å². The first-order valence-electron chi connectivity index (χ1n) is 5.19. The summed E-state index contributed by atoms with van der Waals surface area (Å²) in [5.41, 5.74) is -0.567. The molecule has 1 fully saturated rings. The number of benzene rings is 1. The molecule has 1 aliphatic rings. The lowest BCUT2D eigenvalue weighted by Crippen LogP contribution is -2.22. The SMILES string of the molecule is CN1C(=O)S/C(=C\c2cc(Cl)cc([N+](=O)[O-])c2O)C1=O. The number of amides is 2. The van der Waals surface area contributed by atoms with Crippen molar-refractivity contribution in [3.05, 3.63) is 37.7 Å². The third-order valence-electron chi connectivity index (χ3n) is 2.55. The number of imide groups is 1. The van der Waals surface area contributed by atoms with E-state index < -0.39 is 27.5 Å². The van der Waals surface area contributed by atoms with Crippen molar-refractivity contribution in [1.82, 2.24) is 4.90 Å². The third kappa shape index (κ3) is 2.47. The summed E-state index contributed by atoms with van der Waals surface area (Å²) >= 11 is 6.41. The Kier molecular flexibility index (Phi) is 3.69. The molecule has 0 aliphatic carbocycles. The minimum atomic E-state index is -0.788. The van der Waals surface area contributed by atoms with Gasteiger partial charge in [-0.1, -0.05) is 11.6 Å². The minimum Gasteiger partial charge on any atom is -0.502 e. The second-order valence-electron chi connectivity index (χ2n) is 3.86. The summed E-state index contributed by atoms with van der Waals surface area (Å²) in [6.45, 7) is 0. The highest BCUT2D eigenvalue weighted by atomic mass is 35.5. The van der Waals surface area contributed by atoms with Crippen LogP contribution in [0.15, 0.2) is 17.0 Å². The predicted molar refractivity (Wildman–Crippen MR) is 73.5 cm³/mol. The molecule has 1 heterocycles. The molecule has 0 aromatic heterocycles. The van der Waals surface area contributed by atoms with Gasteiger partial charge in [0.15, 0.2) is 0 Å². The quantitative estimate of drug-likeness (QED) is 0.511. The van der Waals surface area contributed by atoms with E-state index in [1.807, 2.05) is 0 Å². The zero-order valence-electron chi connectivity index (χ0n) is 9.99. The maximum atomic E-state index is 11.7. The number of carbonyl (C=O) groups is 2. The summed E-state index contributed by atoms with van der Waals surface area (Å²) in [6.07, 6.45) is 1.20. The molecule has 104 valence electrons. The number of phenolic OH excluding ortho intramolecular Hbond substituents is 1. The van der Waals surface area contributed by atoms with E-state index >= 15 is 0 Å². The number of hydrogen-bond acceptors (Lipinski definition) is 6. The number of nitro groups is 1. The molecule has 9 heteroatoms. The molecule has 20 heavy (non-hydrogen) atoms. The Morgan fingerprint density at radius 2 is 2.10 bits per heavy atom. The predicted octanol–water partition coefficient (Wildman–Crippen LogP) is 2.62. The fourth-order valence-electron chi connectivity index (χ4n) is 1.54. The lowest BCUT2D eigenvalue weighted by Gasteiger charge is -2.03. The summed E-state index contributed by atoms with van der Waals surface area (Å²) in [5, 5.41) is 20.1. The van der Waals surface area contributed by atoms with Crippen LogP contribution in [-0.2, 0) is 4.79 Å². The highest BCUT2D eigenvalue weighted by molar-refractivity contribution is 8.18. The van der Waals surface area contributed by atoms with Gasteiger partial charge in [0.05, 0.1) is 9.83 Å². The van der Waals surface area contributed by atoms with Gasteiger partial charge in [0, 0.05) is 23.7 Å². The molecule has 2 amide bonds.